The second kappa shape index (κ2) is 49.6. The second-order valence-corrected chi connectivity index (χ2v) is 1.00. The Kier molecular flexibility index (Phi) is 237. The van der Waals surface area contributed by atoms with Crippen molar-refractivity contribution in [3.05, 3.63) is 61.4 Å². The topological polar surface area (TPSA) is 0 Å². The minimum absolute atomic E-state index is 0. The maximum absolute atomic E-state index is 2.99. The zero-order valence-corrected chi connectivity index (χ0v) is 16.1. The van der Waals surface area contributed by atoms with E-state index < -0.39 is 0 Å². The van der Waals surface area contributed by atoms with Gasteiger partial charge in [0.25, 0.3) is 0 Å². The smallest absolute Gasteiger partial charge is 0 e. The molecule has 0 bridgehead atoms. The van der Waals surface area contributed by atoms with Gasteiger partial charge in [-0.1, -0.05) is 0 Å². The largest absolute Gasteiger partial charge is 0.358 e. The average molecular weight is 588 g/mol. The first-order valence-corrected chi connectivity index (χ1v) is 1.72. The van der Waals surface area contributed by atoms with Crippen molar-refractivity contribution in [2.75, 3.05) is 0 Å². The molecule has 0 fully saturated rings. The van der Waals surface area contributed by atoms with Gasteiger partial charge in [-0.2, -0.15) is 6.08 Å². The van der Waals surface area contributed by atoms with Gasteiger partial charge in [-0.3, -0.25) is 6.08 Å². The molecule has 1 rings (SSSR count). The standard InChI is InChI=1S/C5H5.5CH3.2HI.Ir/c1-2-4-5-3-1;;;;;;;;/h1-3H,4H2;5*1H3;2*1H;/q6*-1;;;. The van der Waals surface area contributed by atoms with Gasteiger partial charge >= 0.3 is 0 Å². The quantitative estimate of drug-likeness (QED) is 0.282. The van der Waals surface area contributed by atoms with Crippen molar-refractivity contribution in [1.29, 1.82) is 0 Å². The Morgan fingerprint density at radius 1 is 0.846 bits per heavy atom. The van der Waals surface area contributed by atoms with Gasteiger partial charge in [0.1, 0.15) is 0 Å². The van der Waals surface area contributed by atoms with E-state index in [-0.39, 0.29) is 105 Å². The molecule has 13 heavy (non-hydrogen) atoms. The molecule has 0 unspecified atom stereocenters. The Morgan fingerprint density at radius 2 is 1.23 bits per heavy atom. The van der Waals surface area contributed by atoms with E-state index in [1.807, 2.05) is 12.2 Å². The van der Waals surface area contributed by atoms with Crippen molar-refractivity contribution >= 4 is 48.0 Å². The van der Waals surface area contributed by atoms with Crippen LogP contribution in [-0.4, -0.2) is 0 Å². The third-order valence-corrected chi connectivity index (χ3v) is 0.586. The fraction of sp³-hybridized carbons (Fsp3) is 0.100. The summed E-state index contributed by atoms with van der Waals surface area (Å²) in [6.45, 7) is 0. The van der Waals surface area contributed by atoms with Crippen molar-refractivity contribution in [2.24, 2.45) is 0 Å². The van der Waals surface area contributed by atoms with Crippen molar-refractivity contribution in [2.45, 2.75) is 6.42 Å². The molecule has 0 aromatic rings. The summed E-state index contributed by atoms with van der Waals surface area (Å²) < 4.78 is 0. The van der Waals surface area contributed by atoms with Crippen molar-refractivity contribution in [3.8, 4) is 0 Å². The molecule has 0 N–H and O–H groups in total. The fourth-order valence-corrected chi connectivity index (χ4v) is 0.340. The summed E-state index contributed by atoms with van der Waals surface area (Å²) in [4.78, 5) is 0. The summed E-state index contributed by atoms with van der Waals surface area (Å²) in [6.07, 6.45) is 10.0. The molecule has 1 aliphatic rings. The fourth-order valence-electron chi connectivity index (χ4n) is 0.340. The molecule has 0 aliphatic heterocycles. The molecule has 0 nitrogen and oxygen atoms in total. The summed E-state index contributed by atoms with van der Waals surface area (Å²) in [6, 6.07) is 0. The van der Waals surface area contributed by atoms with E-state index in [0.717, 1.165) is 6.42 Å². The molecule has 0 spiro atoms. The van der Waals surface area contributed by atoms with E-state index in [2.05, 4.69) is 12.2 Å². The SMILES string of the molecule is I.I.[C-]1=CC=CC1.[CH3-].[CH3-].[CH3-].[CH3-].[CH3-].[Ir]. The van der Waals surface area contributed by atoms with Gasteiger partial charge in [0, 0.05) is 20.1 Å². The van der Waals surface area contributed by atoms with Crippen LogP contribution in [0.25, 0.3) is 0 Å². The molecule has 0 atom stereocenters. The van der Waals surface area contributed by atoms with Crippen LogP contribution in [-0.2, 0) is 20.1 Å². The van der Waals surface area contributed by atoms with Crippen LogP contribution in [0.3, 0.4) is 0 Å². The third kappa shape index (κ3) is 42.0. The van der Waals surface area contributed by atoms with Crippen molar-refractivity contribution in [3.63, 3.8) is 0 Å². The zero-order chi connectivity index (χ0) is 3.54. The number of rotatable bonds is 0. The molecule has 1 aliphatic carbocycles. The molecule has 0 heterocycles. The molecule has 0 saturated heterocycles. The molecule has 0 amide bonds. The van der Waals surface area contributed by atoms with Gasteiger partial charge in [0.05, 0.1) is 0 Å². The Labute approximate surface area is 134 Å². The van der Waals surface area contributed by atoms with Crippen LogP contribution in [0.1, 0.15) is 6.42 Å². The normalized spacial score (nSPS) is 6.77. The molecule has 91 valence electrons. The van der Waals surface area contributed by atoms with Crippen molar-refractivity contribution < 1.29 is 20.1 Å². The number of hydrogen-bond donors (Lipinski definition) is 0. The molecule has 0 aromatic carbocycles. The van der Waals surface area contributed by atoms with E-state index in [0.29, 0.717) is 0 Å². The maximum Gasteiger partial charge on any atom is 0 e. The summed E-state index contributed by atoms with van der Waals surface area (Å²) in [5, 5.41) is 0. The first-order chi connectivity index (χ1) is 2.50. The van der Waals surface area contributed by atoms with Gasteiger partial charge < -0.3 is 37.1 Å². The summed E-state index contributed by atoms with van der Waals surface area (Å²) >= 11 is 0. The number of halogens is 2. The van der Waals surface area contributed by atoms with E-state index >= 15 is 0 Å². The minimum Gasteiger partial charge on any atom is -0.358 e. The molecule has 0 saturated carbocycles. The zero-order valence-electron chi connectivity index (χ0n) is 9.09. The predicted octanol–water partition coefficient (Wildman–Crippen LogP) is 4.79. The monoisotopic (exact) mass is 589 g/mol. The van der Waals surface area contributed by atoms with Crippen LogP contribution in [0.5, 0.6) is 0 Å². The van der Waals surface area contributed by atoms with Gasteiger partial charge in [-0.05, 0) is 0 Å². The minimum atomic E-state index is 0. The first-order valence-electron chi connectivity index (χ1n) is 1.72. The van der Waals surface area contributed by atoms with Gasteiger partial charge in [-0.25, -0.2) is 12.2 Å². The van der Waals surface area contributed by atoms with E-state index in [9.17, 15) is 0 Å². The Hall–Kier alpha value is 1.59. The van der Waals surface area contributed by atoms with Gasteiger partial charge in [0.2, 0.25) is 0 Å². The number of allylic oxidation sites excluding steroid dienone is 4. The Morgan fingerprint density at radius 3 is 1.31 bits per heavy atom. The van der Waals surface area contributed by atoms with Crippen molar-refractivity contribution in [1.82, 2.24) is 0 Å². The van der Waals surface area contributed by atoms with E-state index in [1.165, 1.54) is 0 Å². The van der Waals surface area contributed by atoms with Crippen LogP contribution in [0.15, 0.2) is 18.2 Å². The summed E-state index contributed by atoms with van der Waals surface area (Å²) in [5.74, 6) is 0. The summed E-state index contributed by atoms with van der Waals surface area (Å²) in [5.41, 5.74) is 0. The van der Waals surface area contributed by atoms with Crippen LogP contribution >= 0.6 is 48.0 Å². The van der Waals surface area contributed by atoms with Crippen LogP contribution in [0.4, 0.5) is 0 Å². The molecular formula is C10H22I2Ir-6. The molecule has 1 radical (unpaired) electrons. The van der Waals surface area contributed by atoms with E-state index in [4.69, 9.17) is 0 Å². The molecule has 0 aromatic heterocycles. The van der Waals surface area contributed by atoms with Crippen LogP contribution in [0, 0.1) is 43.2 Å². The van der Waals surface area contributed by atoms with Crippen LogP contribution < -0.4 is 0 Å². The maximum atomic E-state index is 2.99. The second-order valence-electron chi connectivity index (χ2n) is 1.00. The molecular weight excluding hydrogens is 566 g/mol. The van der Waals surface area contributed by atoms with Crippen LogP contribution in [0.2, 0.25) is 0 Å². The average Bonchev–Trinajstić information content (AvgIpc) is 1.76. The Balaban J connectivity index is -0.00000000521. The van der Waals surface area contributed by atoms with E-state index in [1.54, 1.807) is 0 Å². The first kappa shape index (κ1) is 62.1. The number of hydrogen-bond acceptors (Lipinski definition) is 0. The summed E-state index contributed by atoms with van der Waals surface area (Å²) in [7, 11) is 0. The third-order valence-electron chi connectivity index (χ3n) is 0.586. The predicted molar refractivity (Wildman–Crippen MR) is 84.5 cm³/mol. The van der Waals surface area contributed by atoms with Gasteiger partial charge in [0.15, 0.2) is 0 Å². The Bertz CT molecular complexity index is 71.0. The van der Waals surface area contributed by atoms with Gasteiger partial charge in [-0.15, -0.1) is 54.4 Å². The molecule has 3 heteroatoms.